The Kier molecular flexibility index (Phi) is 7.43. The van der Waals surface area contributed by atoms with Crippen molar-refractivity contribution in [2.24, 2.45) is 0 Å². The molecule has 1 aromatic rings. The van der Waals surface area contributed by atoms with Crippen LogP contribution in [0.15, 0.2) is 55.3 Å². The molecule has 30 heavy (non-hydrogen) atoms. The zero-order valence-corrected chi connectivity index (χ0v) is 16.7. The number of allylic oxidation sites excluding steroid dienone is 2. The number of hydrogen-bond donors (Lipinski definition) is 3. The van der Waals surface area contributed by atoms with Crippen LogP contribution in [0, 0.1) is 0 Å². The van der Waals surface area contributed by atoms with E-state index in [2.05, 4.69) is 11.9 Å². The van der Waals surface area contributed by atoms with E-state index in [9.17, 15) is 19.8 Å². The zero-order chi connectivity index (χ0) is 21.5. The first-order valence-corrected chi connectivity index (χ1v) is 10.1. The molecule has 3 N–H and O–H groups in total. The van der Waals surface area contributed by atoms with E-state index in [1.54, 1.807) is 18.2 Å². The van der Waals surface area contributed by atoms with Gasteiger partial charge in [-0.25, -0.2) is 4.79 Å². The minimum atomic E-state index is -0.583. The average molecular weight is 413 g/mol. The van der Waals surface area contributed by atoms with Crippen molar-refractivity contribution in [3.8, 4) is 5.75 Å². The van der Waals surface area contributed by atoms with E-state index in [0.717, 1.165) is 0 Å². The predicted molar refractivity (Wildman–Crippen MR) is 111 cm³/mol. The van der Waals surface area contributed by atoms with Crippen LogP contribution >= 0.6 is 0 Å². The van der Waals surface area contributed by atoms with Gasteiger partial charge in [-0.3, -0.25) is 4.79 Å². The van der Waals surface area contributed by atoms with Gasteiger partial charge in [0.05, 0.1) is 18.3 Å². The number of rotatable bonds is 5. The summed E-state index contributed by atoms with van der Waals surface area (Å²) in [5, 5.41) is 23.1. The fraction of sp³-hybridized carbons (Fsp3) is 0.391. The third kappa shape index (κ3) is 5.81. The second-order valence-corrected chi connectivity index (χ2v) is 7.53. The second kappa shape index (κ2) is 10.2. The van der Waals surface area contributed by atoms with E-state index >= 15 is 0 Å². The lowest BCUT2D eigenvalue weighted by molar-refractivity contribution is -0.115. The van der Waals surface area contributed by atoms with Gasteiger partial charge in [-0.05, 0) is 30.9 Å². The maximum atomic E-state index is 12.8. The first-order chi connectivity index (χ1) is 14.5. The quantitative estimate of drug-likeness (QED) is 0.389. The van der Waals surface area contributed by atoms with Gasteiger partial charge in [-0.2, -0.15) is 0 Å². The number of benzene rings is 1. The SMILES string of the molecule is C=C/C=C\C(=O)N/C=C\C[C@H]1C[C@H]2C[C@@H](O)C[C@H](Cc3cccc(O)c3C(=O)O1)O2. The molecule has 0 aromatic heterocycles. The summed E-state index contributed by atoms with van der Waals surface area (Å²) >= 11 is 0. The first-order valence-electron chi connectivity index (χ1n) is 10.1. The highest BCUT2D eigenvalue weighted by Gasteiger charge is 2.34. The number of cyclic esters (lactones) is 1. The highest BCUT2D eigenvalue weighted by atomic mass is 16.5. The molecule has 2 aliphatic rings. The molecule has 2 aliphatic heterocycles. The number of nitrogens with one attached hydrogen (secondary N) is 1. The lowest BCUT2D eigenvalue weighted by Crippen LogP contribution is -2.40. The molecule has 160 valence electrons. The fourth-order valence-corrected chi connectivity index (χ4v) is 3.87. The van der Waals surface area contributed by atoms with Crippen LogP contribution in [0.1, 0.15) is 41.6 Å². The molecule has 7 nitrogen and oxygen atoms in total. The van der Waals surface area contributed by atoms with Crippen molar-refractivity contribution < 1.29 is 29.3 Å². The largest absolute Gasteiger partial charge is 0.507 e. The number of ether oxygens (including phenoxy) is 2. The van der Waals surface area contributed by atoms with Crippen LogP contribution in [-0.4, -0.2) is 46.5 Å². The van der Waals surface area contributed by atoms with Crippen molar-refractivity contribution in [1.29, 1.82) is 0 Å². The molecule has 0 radical (unpaired) electrons. The molecule has 1 saturated heterocycles. The highest BCUT2D eigenvalue weighted by Crippen LogP contribution is 2.32. The molecule has 2 heterocycles. The second-order valence-electron chi connectivity index (χ2n) is 7.53. The van der Waals surface area contributed by atoms with Crippen molar-refractivity contribution >= 4 is 11.9 Å². The Morgan fingerprint density at radius 2 is 2.07 bits per heavy atom. The van der Waals surface area contributed by atoms with Gasteiger partial charge in [-0.15, -0.1) is 0 Å². The minimum Gasteiger partial charge on any atom is -0.507 e. The number of esters is 1. The molecule has 0 saturated carbocycles. The Bertz CT molecular complexity index is 846. The lowest BCUT2D eigenvalue weighted by atomic mass is 9.91. The number of aromatic hydroxyl groups is 1. The predicted octanol–water partition coefficient (Wildman–Crippen LogP) is 2.53. The van der Waals surface area contributed by atoms with E-state index in [1.165, 1.54) is 30.5 Å². The molecule has 0 spiro atoms. The number of aliphatic hydroxyl groups excluding tert-OH is 1. The number of phenolic OH excluding ortho intramolecular Hbond substituents is 1. The third-order valence-electron chi connectivity index (χ3n) is 5.16. The number of phenols is 1. The van der Waals surface area contributed by atoms with Crippen LogP contribution in [0.25, 0.3) is 0 Å². The Hall–Kier alpha value is -2.90. The summed E-state index contributed by atoms with van der Waals surface area (Å²) in [5.41, 5.74) is 0.770. The van der Waals surface area contributed by atoms with E-state index < -0.39 is 18.2 Å². The van der Waals surface area contributed by atoms with Crippen LogP contribution in [0.5, 0.6) is 5.75 Å². The van der Waals surface area contributed by atoms with Gasteiger partial charge in [0.2, 0.25) is 5.91 Å². The smallest absolute Gasteiger partial charge is 0.342 e. The normalized spacial score (nSPS) is 26.8. The summed E-state index contributed by atoms with van der Waals surface area (Å²) in [6.07, 6.45) is 8.20. The molecular formula is C23H27NO6. The molecule has 0 unspecified atom stereocenters. The van der Waals surface area contributed by atoms with E-state index in [0.29, 0.717) is 37.7 Å². The molecule has 0 aliphatic carbocycles. The molecule has 2 bridgehead atoms. The van der Waals surface area contributed by atoms with Gasteiger partial charge >= 0.3 is 5.97 Å². The Morgan fingerprint density at radius 1 is 1.27 bits per heavy atom. The summed E-state index contributed by atoms with van der Waals surface area (Å²) in [6.45, 7) is 3.50. The van der Waals surface area contributed by atoms with Crippen molar-refractivity contribution in [2.45, 2.75) is 56.5 Å². The van der Waals surface area contributed by atoms with E-state index in [4.69, 9.17) is 9.47 Å². The summed E-state index contributed by atoms with van der Waals surface area (Å²) in [4.78, 5) is 24.4. The number of carbonyl (C=O) groups is 2. The van der Waals surface area contributed by atoms with Gasteiger partial charge in [0.25, 0.3) is 0 Å². The van der Waals surface area contributed by atoms with Gasteiger partial charge < -0.3 is 25.0 Å². The van der Waals surface area contributed by atoms with Gasteiger partial charge in [-0.1, -0.05) is 36.9 Å². The Morgan fingerprint density at radius 3 is 2.87 bits per heavy atom. The molecule has 1 fully saturated rings. The fourth-order valence-electron chi connectivity index (χ4n) is 3.87. The van der Waals surface area contributed by atoms with Gasteiger partial charge in [0, 0.05) is 25.1 Å². The molecule has 1 amide bonds. The topological polar surface area (TPSA) is 105 Å². The Labute approximate surface area is 175 Å². The lowest BCUT2D eigenvalue weighted by Gasteiger charge is -2.36. The summed E-state index contributed by atoms with van der Waals surface area (Å²) in [5.74, 6) is -1.02. The Balaban J connectivity index is 1.77. The van der Waals surface area contributed by atoms with Crippen LogP contribution in [0.2, 0.25) is 0 Å². The number of hydrogen-bond acceptors (Lipinski definition) is 6. The highest BCUT2D eigenvalue weighted by molar-refractivity contribution is 5.94. The molecule has 3 rings (SSSR count). The maximum absolute atomic E-state index is 12.8. The number of fused-ring (bicyclic) bond motifs is 3. The maximum Gasteiger partial charge on any atom is 0.342 e. The number of carbonyl (C=O) groups excluding carboxylic acids is 2. The molecule has 4 atom stereocenters. The van der Waals surface area contributed by atoms with E-state index in [1.807, 2.05) is 0 Å². The van der Waals surface area contributed by atoms with Crippen molar-refractivity contribution in [3.05, 3.63) is 66.4 Å². The summed E-state index contributed by atoms with van der Waals surface area (Å²) < 4.78 is 11.8. The van der Waals surface area contributed by atoms with Gasteiger partial charge in [0.15, 0.2) is 0 Å². The average Bonchev–Trinajstić information content (AvgIpc) is 2.68. The summed E-state index contributed by atoms with van der Waals surface area (Å²) in [6, 6.07) is 4.89. The first kappa shape index (κ1) is 21.8. The van der Waals surface area contributed by atoms with Crippen LogP contribution in [-0.2, 0) is 20.7 Å². The standard InChI is InChI=1S/C23H27NO6/c1-2-3-9-21(27)24-10-5-7-17-14-19-13-16(25)12-18(29-19)11-15-6-4-8-20(26)22(15)23(28)30-17/h2-6,8-10,16-19,25-26H,1,7,11-14H2,(H,24,27)/b9-3-,10-5-/t16-,17-,18-,19+/m0/s1. The van der Waals surface area contributed by atoms with Crippen molar-refractivity contribution in [1.82, 2.24) is 5.32 Å². The number of aliphatic hydroxyl groups is 1. The third-order valence-corrected chi connectivity index (χ3v) is 5.16. The monoisotopic (exact) mass is 413 g/mol. The zero-order valence-electron chi connectivity index (χ0n) is 16.7. The van der Waals surface area contributed by atoms with Crippen LogP contribution < -0.4 is 5.32 Å². The number of amides is 1. The molecule has 7 heteroatoms. The van der Waals surface area contributed by atoms with E-state index in [-0.39, 0.29) is 29.4 Å². The van der Waals surface area contributed by atoms with Gasteiger partial charge in [0.1, 0.15) is 17.4 Å². The summed E-state index contributed by atoms with van der Waals surface area (Å²) in [7, 11) is 0. The molecule has 1 aromatic carbocycles. The van der Waals surface area contributed by atoms with Crippen LogP contribution in [0.4, 0.5) is 0 Å². The van der Waals surface area contributed by atoms with Crippen LogP contribution in [0.3, 0.4) is 0 Å². The van der Waals surface area contributed by atoms with Crippen molar-refractivity contribution in [3.63, 3.8) is 0 Å². The van der Waals surface area contributed by atoms with Crippen molar-refractivity contribution in [2.75, 3.05) is 0 Å². The minimum absolute atomic E-state index is 0.136. The molecular weight excluding hydrogens is 386 g/mol.